The quantitative estimate of drug-likeness (QED) is 0.129. The topological polar surface area (TPSA) is 104 Å². The maximum absolute atomic E-state index is 12.6. The molecule has 0 heterocycles. The van der Waals surface area contributed by atoms with Crippen molar-refractivity contribution in [3.8, 4) is 0 Å². The van der Waals surface area contributed by atoms with Gasteiger partial charge in [-0.2, -0.15) is 0 Å². The smallest absolute Gasteiger partial charge is 0.394 e. The number of aliphatic carboxylic acids is 1. The first-order valence-electron chi connectivity index (χ1n) is 13.5. The third-order valence-corrected chi connectivity index (χ3v) is 6.68. The van der Waals surface area contributed by atoms with Gasteiger partial charge in [-0.25, -0.2) is 4.79 Å². The van der Waals surface area contributed by atoms with Gasteiger partial charge >= 0.3 is 11.9 Å². The summed E-state index contributed by atoms with van der Waals surface area (Å²) in [4.78, 5) is 49.0. The monoisotopic (exact) mass is 540 g/mol. The molecule has 206 valence electrons. The fourth-order valence-corrected chi connectivity index (χ4v) is 4.40. The van der Waals surface area contributed by atoms with Crippen molar-refractivity contribution in [2.45, 2.75) is 84.2 Å². The first-order valence-corrected chi connectivity index (χ1v) is 14.0. The summed E-state index contributed by atoms with van der Waals surface area (Å²) < 4.78 is 0. The Hall–Kier alpha value is -3.13. The Morgan fingerprint density at radius 1 is 0.763 bits per heavy atom. The normalized spacial score (nSPS) is 10.7. The molecule has 0 bridgehead atoms. The third-order valence-electron chi connectivity index (χ3n) is 6.42. The molecule has 0 radical (unpaired) electrons. The Labute approximate surface area is 231 Å². The van der Waals surface area contributed by atoms with Gasteiger partial charge in [0.15, 0.2) is 0 Å². The lowest BCUT2D eigenvalue weighted by molar-refractivity contribution is -0.156. The number of unbranched alkanes of at least 4 members (excludes halogenated alkanes) is 9. The van der Waals surface area contributed by atoms with E-state index < -0.39 is 11.9 Å². The zero-order valence-electron chi connectivity index (χ0n) is 22.3. The second-order valence-electron chi connectivity index (χ2n) is 9.61. The standard InChI is InChI=1S/C30H40N2O5S/c1-2-3-4-5-6-7-8-9-10-11-19-31-27(33)26-14-12-13-24(20-26)22-32(28(34)29(35)36)21-23-15-17-25(18-16-23)30(37)38/h12-18,20H,2-11,19,21-22H2,1H3,(H,31,33)(H,35,36)(H,37,38). The van der Waals surface area contributed by atoms with Gasteiger partial charge in [-0.3, -0.25) is 14.4 Å². The van der Waals surface area contributed by atoms with Crippen molar-refractivity contribution >= 4 is 35.5 Å². The molecule has 0 atom stereocenters. The SMILES string of the molecule is CCCCCCCCCCCCNC(=O)c1cccc(CN(Cc2ccc(C(=O)S)cc2)C(=O)C(=O)O)c1. The van der Waals surface area contributed by atoms with E-state index in [0.29, 0.717) is 28.8 Å². The Balaban J connectivity index is 1.84. The molecule has 0 aromatic heterocycles. The molecule has 0 spiro atoms. The van der Waals surface area contributed by atoms with Crippen molar-refractivity contribution < 1.29 is 24.3 Å². The zero-order chi connectivity index (χ0) is 27.8. The van der Waals surface area contributed by atoms with Crippen LogP contribution in [0.25, 0.3) is 0 Å². The van der Waals surface area contributed by atoms with E-state index in [9.17, 15) is 24.3 Å². The number of carboxylic acid groups (broad SMARTS) is 1. The minimum Gasteiger partial charge on any atom is -0.474 e. The molecule has 2 rings (SSSR count). The Kier molecular flexibility index (Phi) is 14.2. The molecule has 38 heavy (non-hydrogen) atoms. The van der Waals surface area contributed by atoms with E-state index in [4.69, 9.17) is 0 Å². The number of carboxylic acids is 1. The molecule has 2 amide bonds. The highest BCUT2D eigenvalue weighted by molar-refractivity contribution is 7.97. The number of rotatable bonds is 17. The number of carbonyl (C=O) groups is 4. The number of hydrogen-bond acceptors (Lipinski definition) is 4. The number of amides is 2. The van der Waals surface area contributed by atoms with Crippen LogP contribution in [0.1, 0.15) is 103 Å². The second kappa shape index (κ2) is 17.4. The lowest BCUT2D eigenvalue weighted by Gasteiger charge is -2.21. The maximum atomic E-state index is 12.6. The summed E-state index contributed by atoms with van der Waals surface area (Å²) in [5.74, 6) is -2.79. The first-order chi connectivity index (χ1) is 18.3. The highest BCUT2D eigenvalue weighted by atomic mass is 32.1. The van der Waals surface area contributed by atoms with Crippen molar-refractivity contribution in [1.82, 2.24) is 10.2 Å². The van der Waals surface area contributed by atoms with Crippen molar-refractivity contribution in [1.29, 1.82) is 0 Å². The van der Waals surface area contributed by atoms with Gasteiger partial charge in [0, 0.05) is 30.8 Å². The van der Waals surface area contributed by atoms with E-state index in [1.54, 1.807) is 48.5 Å². The summed E-state index contributed by atoms with van der Waals surface area (Å²) in [7, 11) is 0. The number of thiol groups is 1. The average molecular weight is 541 g/mol. The maximum Gasteiger partial charge on any atom is 0.394 e. The molecule has 0 unspecified atom stereocenters. The molecular formula is C30H40N2O5S. The molecular weight excluding hydrogens is 500 g/mol. The molecule has 0 fully saturated rings. The fraction of sp³-hybridized carbons (Fsp3) is 0.467. The van der Waals surface area contributed by atoms with Gasteiger partial charge in [-0.15, -0.1) is 12.6 Å². The van der Waals surface area contributed by atoms with Crippen molar-refractivity contribution in [3.05, 3.63) is 70.8 Å². The molecule has 8 heteroatoms. The van der Waals surface area contributed by atoms with Crippen LogP contribution in [0.3, 0.4) is 0 Å². The van der Waals surface area contributed by atoms with Gasteiger partial charge in [-0.1, -0.05) is 101 Å². The van der Waals surface area contributed by atoms with Crippen LogP contribution in [0.4, 0.5) is 0 Å². The minimum atomic E-state index is -1.56. The van der Waals surface area contributed by atoms with Crippen LogP contribution in [0.15, 0.2) is 48.5 Å². The molecule has 0 aliphatic carbocycles. The van der Waals surface area contributed by atoms with Crippen LogP contribution in [0.5, 0.6) is 0 Å². The summed E-state index contributed by atoms with van der Waals surface area (Å²) in [6.07, 6.45) is 12.3. The van der Waals surface area contributed by atoms with Crippen LogP contribution in [0, 0.1) is 0 Å². The van der Waals surface area contributed by atoms with Crippen LogP contribution >= 0.6 is 12.6 Å². The largest absolute Gasteiger partial charge is 0.474 e. The second-order valence-corrected chi connectivity index (χ2v) is 10.0. The Bertz CT molecular complexity index is 1050. The van der Waals surface area contributed by atoms with E-state index in [-0.39, 0.29) is 24.1 Å². The van der Waals surface area contributed by atoms with E-state index >= 15 is 0 Å². The molecule has 2 N–H and O–H groups in total. The molecule has 0 aliphatic heterocycles. The van der Waals surface area contributed by atoms with Gasteiger partial charge in [-0.05, 0) is 29.7 Å². The Morgan fingerprint density at radius 3 is 1.92 bits per heavy atom. The van der Waals surface area contributed by atoms with E-state index in [1.165, 1.54) is 56.3 Å². The molecule has 0 saturated carbocycles. The molecule has 0 aliphatic rings. The van der Waals surface area contributed by atoms with Gasteiger partial charge in [0.2, 0.25) is 5.12 Å². The van der Waals surface area contributed by atoms with Crippen molar-refractivity contribution in [2.24, 2.45) is 0 Å². The van der Waals surface area contributed by atoms with Crippen LogP contribution in [-0.4, -0.2) is 39.5 Å². The molecule has 7 nitrogen and oxygen atoms in total. The van der Waals surface area contributed by atoms with Crippen LogP contribution in [0.2, 0.25) is 0 Å². The third kappa shape index (κ3) is 11.5. The van der Waals surface area contributed by atoms with Crippen molar-refractivity contribution in [2.75, 3.05) is 6.54 Å². The highest BCUT2D eigenvalue weighted by Gasteiger charge is 2.22. The lowest BCUT2D eigenvalue weighted by Crippen LogP contribution is -2.35. The van der Waals surface area contributed by atoms with Crippen molar-refractivity contribution in [3.63, 3.8) is 0 Å². The number of carbonyl (C=O) groups excluding carboxylic acids is 3. The van der Waals surface area contributed by atoms with Crippen LogP contribution in [-0.2, 0) is 22.7 Å². The van der Waals surface area contributed by atoms with Gasteiger partial charge in [0.25, 0.3) is 5.91 Å². The summed E-state index contributed by atoms with van der Waals surface area (Å²) in [6.45, 7) is 2.90. The van der Waals surface area contributed by atoms with Gasteiger partial charge in [0.1, 0.15) is 0 Å². The zero-order valence-corrected chi connectivity index (χ0v) is 23.2. The molecule has 2 aromatic rings. The average Bonchev–Trinajstić information content (AvgIpc) is 2.91. The summed E-state index contributed by atoms with van der Waals surface area (Å²) >= 11 is 3.79. The van der Waals surface area contributed by atoms with Gasteiger partial charge in [0.05, 0.1) is 0 Å². The highest BCUT2D eigenvalue weighted by Crippen LogP contribution is 2.15. The van der Waals surface area contributed by atoms with Crippen LogP contribution < -0.4 is 5.32 Å². The lowest BCUT2D eigenvalue weighted by atomic mass is 10.1. The number of benzene rings is 2. The summed E-state index contributed by atoms with van der Waals surface area (Å²) in [5.41, 5.74) is 2.19. The van der Waals surface area contributed by atoms with E-state index in [0.717, 1.165) is 12.8 Å². The summed E-state index contributed by atoms with van der Waals surface area (Å²) in [6, 6.07) is 13.3. The summed E-state index contributed by atoms with van der Waals surface area (Å²) in [5, 5.41) is 11.9. The first kappa shape index (κ1) is 31.1. The number of nitrogens with zero attached hydrogens (tertiary/aromatic N) is 1. The van der Waals surface area contributed by atoms with E-state index in [1.807, 2.05) is 0 Å². The molecule has 0 saturated heterocycles. The number of nitrogens with one attached hydrogen (secondary N) is 1. The van der Waals surface area contributed by atoms with Gasteiger partial charge < -0.3 is 15.3 Å². The predicted molar refractivity (Wildman–Crippen MR) is 152 cm³/mol. The minimum absolute atomic E-state index is 0.0257. The van der Waals surface area contributed by atoms with E-state index in [2.05, 4.69) is 24.9 Å². The Morgan fingerprint density at radius 2 is 1.34 bits per heavy atom. The fourth-order valence-electron chi connectivity index (χ4n) is 4.26. The number of hydrogen-bond donors (Lipinski definition) is 3. The predicted octanol–water partition coefficient (Wildman–Crippen LogP) is 6.02. The molecule has 2 aromatic carbocycles.